The van der Waals surface area contributed by atoms with Gasteiger partial charge in [0.2, 0.25) is 0 Å². The highest BCUT2D eigenvalue weighted by Gasteiger charge is 2.46. The summed E-state index contributed by atoms with van der Waals surface area (Å²) >= 11 is 0. The van der Waals surface area contributed by atoms with E-state index in [1.807, 2.05) is 12.1 Å². The van der Waals surface area contributed by atoms with E-state index in [1.54, 1.807) is 0 Å². The second kappa shape index (κ2) is 11.4. The van der Waals surface area contributed by atoms with Crippen LogP contribution >= 0.6 is 0 Å². The van der Waals surface area contributed by atoms with E-state index in [1.165, 1.54) is 44.5 Å². The van der Waals surface area contributed by atoms with Gasteiger partial charge in [-0.25, -0.2) is 0 Å². The summed E-state index contributed by atoms with van der Waals surface area (Å²) in [5.41, 5.74) is 15.2. The molecule has 0 bridgehead atoms. The van der Waals surface area contributed by atoms with Crippen molar-refractivity contribution in [3.63, 3.8) is 0 Å². The first kappa shape index (κ1) is 30.2. The van der Waals surface area contributed by atoms with Crippen LogP contribution in [-0.2, 0) is 10.8 Å². The SMILES string of the molecule is CC1(C)c2cc(-c3ccccc3)ccc2-c2ccc(-c3ccc(N(c4ccccc4)c4cccc5c4oc4ccccc45)cc3)cc2C1(C)C. The molecule has 2 heteroatoms. The molecular formula is C48H39NO. The summed E-state index contributed by atoms with van der Waals surface area (Å²) in [4.78, 5) is 2.30. The third-order valence-electron chi connectivity index (χ3n) is 11.4. The monoisotopic (exact) mass is 645 g/mol. The zero-order valence-corrected chi connectivity index (χ0v) is 28.9. The number of rotatable bonds is 5. The lowest BCUT2D eigenvalue weighted by Gasteiger charge is -2.48. The summed E-state index contributed by atoms with van der Waals surface area (Å²) in [6.45, 7) is 9.64. The van der Waals surface area contributed by atoms with Crippen molar-refractivity contribution < 1.29 is 4.42 Å². The molecular weight excluding hydrogens is 607 g/mol. The van der Waals surface area contributed by atoms with Gasteiger partial charge in [0.15, 0.2) is 5.58 Å². The minimum atomic E-state index is -0.0873. The van der Waals surface area contributed by atoms with Gasteiger partial charge < -0.3 is 9.32 Å². The number of fused-ring (bicyclic) bond motifs is 6. The summed E-state index contributed by atoms with van der Waals surface area (Å²) in [6, 6.07) is 59.1. The molecule has 1 aromatic heterocycles. The highest BCUT2D eigenvalue weighted by atomic mass is 16.3. The van der Waals surface area contributed by atoms with Gasteiger partial charge in [-0.2, -0.15) is 0 Å². The highest BCUT2D eigenvalue weighted by molar-refractivity contribution is 6.10. The van der Waals surface area contributed by atoms with Crippen molar-refractivity contribution in [2.75, 3.05) is 4.90 Å². The molecule has 242 valence electrons. The van der Waals surface area contributed by atoms with E-state index < -0.39 is 0 Å². The molecule has 8 aromatic rings. The Morgan fingerprint density at radius 2 is 0.920 bits per heavy atom. The Kier molecular flexibility index (Phi) is 6.86. The van der Waals surface area contributed by atoms with Gasteiger partial charge in [0.05, 0.1) is 5.69 Å². The minimum Gasteiger partial charge on any atom is -0.454 e. The van der Waals surface area contributed by atoms with Crippen LogP contribution in [0.25, 0.3) is 55.3 Å². The molecule has 0 aliphatic heterocycles. The first-order valence-electron chi connectivity index (χ1n) is 17.5. The standard InChI is InChI=1S/C48H39NO/c1-47(2)42-30-34(32-14-7-5-8-15-32)24-28-38(42)39-29-25-35(31-43(39)48(47,3)4)33-22-26-37(27-23-33)49(36-16-9-6-10-17-36)44-20-13-19-41-40-18-11-12-21-45(40)50-46(41)44/h5-31H,1-4H3. The molecule has 7 aromatic carbocycles. The number of anilines is 3. The van der Waals surface area contributed by atoms with E-state index in [0.29, 0.717) is 0 Å². The maximum Gasteiger partial charge on any atom is 0.159 e. The van der Waals surface area contributed by atoms with Gasteiger partial charge >= 0.3 is 0 Å². The van der Waals surface area contributed by atoms with Crippen LogP contribution in [0.1, 0.15) is 38.8 Å². The van der Waals surface area contributed by atoms with E-state index in [4.69, 9.17) is 4.42 Å². The quantitative estimate of drug-likeness (QED) is 0.185. The van der Waals surface area contributed by atoms with Crippen molar-refractivity contribution in [3.05, 3.63) is 175 Å². The maximum absolute atomic E-state index is 6.50. The van der Waals surface area contributed by atoms with Crippen molar-refractivity contribution in [2.24, 2.45) is 0 Å². The molecule has 0 amide bonds. The summed E-state index contributed by atoms with van der Waals surface area (Å²) in [5, 5.41) is 2.25. The van der Waals surface area contributed by atoms with Gasteiger partial charge in [0, 0.05) is 22.1 Å². The fourth-order valence-electron chi connectivity index (χ4n) is 7.97. The molecule has 0 radical (unpaired) electrons. The second-order valence-electron chi connectivity index (χ2n) is 14.6. The third kappa shape index (κ3) is 4.63. The Balaban J connectivity index is 1.13. The van der Waals surface area contributed by atoms with Crippen LogP contribution in [0.2, 0.25) is 0 Å². The molecule has 50 heavy (non-hydrogen) atoms. The average Bonchev–Trinajstić information content (AvgIpc) is 3.55. The van der Waals surface area contributed by atoms with Crippen LogP contribution in [0.3, 0.4) is 0 Å². The first-order valence-corrected chi connectivity index (χ1v) is 17.5. The largest absolute Gasteiger partial charge is 0.454 e. The van der Waals surface area contributed by atoms with Gasteiger partial charge in [-0.1, -0.05) is 143 Å². The number of benzene rings is 7. The topological polar surface area (TPSA) is 16.4 Å². The van der Waals surface area contributed by atoms with E-state index in [-0.39, 0.29) is 10.8 Å². The van der Waals surface area contributed by atoms with Crippen LogP contribution in [0, 0.1) is 0 Å². The van der Waals surface area contributed by atoms with Crippen LogP contribution in [0.5, 0.6) is 0 Å². The summed E-state index contributed by atoms with van der Waals surface area (Å²) in [6.07, 6.45) is 0. The van der Waals surface area contributed by atoms with Crippen LogP contribution in [0.15, 0.2) is 168 Å². The number of hydrogen-bond acceptors (Lipinski definition) is 2. The number of para-hydroxylation sites is 3. The van der Waals surface area contributed by atoms with Crippen molar-refractivity contribution in [1.82, 2.24) is 0 Å². The summed E-state index contributed by atoms with van der Waals surface area (Å²) in [7, 11) is 0. The fourth-order valence-corrected chi connectivity index (χ4v) is 7.97. The average molecular weight is 646 g/mol. The molecule has 1 heterocycles. The smallest absolute Gasteiger partial charge is 0.159 e. The zero-order valence-electron chi connectivity index (χ0n) is 28.9. The molecule has 0 saturated carbocycles. The normalized spacial score (nSPS) is 14.3. The van der Waals surface area contributed by atoms with Crippen molar-refractivity contribution >= 4 is 39.0 Å². The molecule has 0 N–H and O–H groups in total. The van der Waals surface area contributed by atoms with E-state index >= 15 is 0 Å². The molecule has 1 aliphatic rings. The second-order valence-corrected chi connectivity index (χ2v) is 14.6. The van der Waals surface area contributed by atoms with Gasteiger partial charge in [0.25, 0.3) is 0 Å². The van der Waals surface area contributed by atoms with Crippen molar-refractivity contribution in [1.29, 1.82) is 0 Å². The lowest BCUT2D eigenvalue weighted by atomic mass is 9.55. The van der Waals surface area contributed by atoms with Gasteiger partial charge in [-0.3, -0.25) is 0 Å². The molecule has 9 rings (SSSR count). The Labute approximate surface area is 294 Å². The van der Waals surface area contributed by atoms with Gasteiger partial charge in [0.1, 0.15) is 5.58 Å². The number of nitrogens with zero attached hydrogens (tertiary/aromatic N) is 1. The molecule has 0 fully saturated rings. The summed E-state index contributed by atoms with van der Waals surface area (Å²) < 4.78 is 6.50. The van der Waals surface area contributed by atoms with Crippen molar-refractivity contribution in [3.8, 4) is 33.4 Å². The van der Waals surface area contributed by atoms with Gasteiger partial charge in [-0.15, -0.1) is 0 Å². The van der Waals surface area contributed by atoms with E-state index in [0.717, 1.165) is 39.0 Å². The van der Waals surface area contributed by atoms with E-state index in [9.17, 15) is 0 Å². The molecule has 2 nitrogen and oxygen atoms in total. The molecule has 0 spiro atoms. The number of furan rings is 1. The molecule has 0 atom stereocenters. The molecule has 0 unspecified atom stereocenters. The Bertz CT molecular complexity index is 2520. The predicted octanol–water partition coefficient (Wildman–Crippen LogP) is 13.6. The maximum atomic E-state index is 6.50. The minimum absolute atomic E-state index is 0.0730. The highest BCUT2D eigenvalue weighted by Crippen LogP contribution is 2.55. The predicted molar refractivity (Wildman–Crippen MR) is 211 cm³/mol. The fraction of sp³-hybridized carbons (Fsp3) is 0.125. The van der Waals surface area contributed by atoms with Crippen LogP contribution in [-0.4, -0.2) is 0 Å². The summed E-state index contributed by atoms with van der Waals surface area (Å²) in [5.74, 6) is 0. The van der Waals surface area contributed by atoms with Crippen LogP contribution < -0.4 is 4.90 Å². The molecule has 1 aliphatic carbocycles. The van der Waals surface area contributed by atoms with Crippen molar-refractivity contribution in [2.45, 2.75) is 38.5 Å². The first-order chi connectivity index (χ1) is 24.3. The molecule has 0 saturated heterocycles. The lowest BCUT2D eigenvalue weighted by Crippen LogP contribution is -2.43. The van der Waals surface area contributed by atoms with E-state index in [2.05, 4.69) is 184 Å². The van der Waals surface area contributed by atoms with Gasteiger partial charge in [-0.05, 0) is 104 Å². The van der Waals surface area contributed by atoms with Crippen LogP contribution in [0.4, 0.5) is 17.1 Å². The Hall–Kier alpha value is -5.86. The lowest BCUT2D eigenvalue weighted by molar-refractivity contribution is 0.299. The zero-order chi connectivity index (χ0) is 34.0. The number of hydrogen-bond donors (Lipinski definition) is 0. The Morgan fingerprint density at radius 3 is 1.56 bits per heavy atom. The Morgan fingerprint density at radius 1 is 0.420 bits per heavy atom. The third-order valence-corrected chi connectivity index (χ3v) is 11.4.